The summed E-state index contributed by atoms with van der Waals surface area (Å²) < 4.78 is 23.0. The molecule has 0 N–H and O–H groups in total. The zero-order chi connectivity index (χ0) is 23.4. The van der Waals surface area contributed by atoms with Crippen LogP contribution in [0.5, 0.6) is 23.0 Å². The van der Waals surface area contributed by atoms with Crippen LogP contribution in [-0.2, 0) is 0 Å². The van der Waals surface area contributed by atoms with Gasteiger partial charge in [0.2, 0.25) is 0 Å². The third-order valence-corrected chi connectivity index (χ3v) is 6.47. The third-order valence-electron chi connectivity index (χ3n) is 5.33. The van der Waals surface area contributed by atoms with Crippen LogP contribution in [0.25, 0.3) is 26.6 Å². The van der Waals surface area contributed by atoms with Crippen molar-refractivity contribution in [1.29, 1.82) is 0 Å². The van der Waals surface area contributed by atoms with E-state index in [0.717, 1.165) is 16.0 Å². The number of ketones is 1. The molecule has 33 heavy (non-hydrogen) atoms. The van der Waals surface area contributed by atoms with Crippen LogP contribution < -0.4 is 18.9 Å². The van der Waals surface area contributed by atoms with Crippen molar-refractivity contribution in [1.82, 2.24) is 0 Å². The Kier molecular flexibility index (Phi) is 6.66. The first-order valence-electron chi connectivity index (χ1n) is 10.3. The van der Waals surface area contributed by atoms with Crippen molar-refractivity contribution in [3.05, 3.63) is 77.9 Å². The minimum Gasteiger partial charge on any atom is -0.496 e. The Morgan fingerprint density at radius 1 is 0.758 bits per heavy atom. The quantitative estimate of drug-likeness (QED) is 0.222. The Morgan fingerprint density at radius 3 is 2.18 bits per heavy atom. The van der Waals surface area contributed by atoms with Crippen molar-refractivity contribution in [2.75, 3.05) is 28.4 Å². The lowest BCUT2D eigenvalue weighted by Crippen LogP contribution is -1.98. The first-order chi connectivity index (χ1) is 16.1. The fraction of sp³-hybridized carbons (Fsp3) is 0.148. The summed E-state index contributed by atoms with van der Waals surface area (Å²) in [4.78, 5) is 13.9. The molecule has 0 saturated heterocycles. The molecule has 0 saturated carbocycles. The number of hydrogen-bond acceptors (Lipinski definition) is 6. The van der Waals surface area contributed by atoms with Gasteiger partial charge in [0, 0.05) is 32.3 Å². The van der Waals surface area contributed by atoms with Gasteiger partial charge in [-0.1, -0.05) is 18.2 Å². The van der Waals surface area contributed by atoms with E-state index < -0.39 is 0 Å². The monoisotopic (exact) mass is 460 g/mol. The van der Waals surface area contributed by atoms with Gasteiger partial charge in [0.1, 0.15) is 11.5 Å². The first kappa shape index (κ1) is 22.4. The lowest BCUT2D eigenvalue weighted by molar-refractivity contribution is 0.104. The molecule has 1 heterocycles. The second kappa shape index (κ2) is 9.79. The van der Waals surface area contributed by atoms with E-state index >= 15 is 0 Å². The molecule has 0 atom stereocenters. The van der Waals surface area contributed by atoms with Crippen molar-refractivity contribution in [2.24, 2.45) is 0 Å². The van der Waals surface area contributed by atoms with Gasteiger partial charge in [-0.3, -0.25) is 4.79 Å². The maximum atomic E-state index is 12.8. The summed E-state index contributed by atoms with van der Waals surface area (Å²) in [7, 11) is 6.34. The highest BCUT2D eigenvalue weighted by Crippen LogP contribution is 2.41. The molecule has 0 aliphatic heterocycles. The van der Waals surface area contributed by atoms with Crippen LogP contribution in [0.15, 0.2) is 66.7 Å². The van der Waals surface area contributed by atoms with Gasteiger partial charge in [0.05, 0.1) is 28.4 Å². The average molecular weight is 461 g/mol. The number of hydrogen-bond donors (Lipinski definition) is 0. The number of rotatable bonds is 8. The molecule has 1 aromatic heterocycles. The topological polar surface area (TPSA) is 54.0 Å². The second-order valence-electron chi connectivity index (χ2n) is 7.21. The largest absolute Gasteiger partial charge is 0.496 e. The lowest BCUT2D eigenvalue weighted by Gasteiger charge is -2.12. The lowest BCUT2D eigenvalue weighted by atomic mass is 10.0. The van der Waals surface area contributed by atoms with Gasteiger partial charge in [-0.15, -0.1) is 11.3 Å². The standard InChI is InChI=1S/C27H24O5S/c1-29-22-12-10-17(14-25(22)32-4)21(28)11-9-18-13-20(24(31-3)16-23(18)30-2)27-15-19-7-5-6-8-26(19)33-27/h5-16H,1-4H3. The maximum Gasteiger partial charge on any atom is 0.185 e. The molecular weight excluding hydrogens is 436 g/mol. The van der Waals surface area contributed by atoms with Crippen molar-refractivity contribution in [3.63, 3.8) is 0 Å². The molecule has 168 valence electrons. The van der Waals surface area contributed by atoms with Crippen LogP contribution >= 0.6 is 11.3 Å². The summed E-state index contributed by atoms with van der Waals surface area (Å²) in [5, 5.41) is 1.18. The fourth-order valence-electron chi connectivity index (χ4n) is 3.61. The van der Waals surface area contributed by atoms with E-state index in [9.17, 15) is 4.79 Å². The number of thiophene rings is 1. The number of benzene rings is 3. The van der Waals surface area contributed by atoms with Crippen LogP contribution in [0.1, 0.15) is 15.9 Å². The summed E-state index contributed by atoms with van der Waals surface area (Å²) in [6.07, 6.45) is 3.29. The van der Waals surface area contributed by atoms with E-state index in [1.54, 1.807) is 64.1 Å². The molecule has 0 aliphatic rings. The van der Waals surface area contributed by atoms with Crippen LogP contribution in [0.2, 0.25) is 0 Å². The Bertz CT molecular complexity index is 1300. The summed E-state index contributed by atoms with van der Waals surface area (Å²) in [6, 6.07) is 19.3. The van der Waals surface area contributed by atoms with Crippen LogP contribution in [0, 0.1) is 0 Å². The summed E-state index contributed by atoms with van der Waals surface area (Å²) >= 11 is 1.69. The van der Waals surface area contributed by atoms with Crippen molar-refractivity contribution in [2.45, 2.75) is 0 Å². The zero-order valence-electron chi connectivity index (χ0n) is 18.9. The van der Waals surface area contributed by atoms with E-state index in [1.807, 2.05) is 24.3 Å². The smallest absolute Gasteiger partial charge is 0.185 e. The van der Waals surface area contributed by atoms with E-state index in [1.165, 1.54) is 16.2 Å². The number of fused-ring (bicyclic) bond motifs is 1. The summed E-state index contributed by atoms with van der Waals surface area (Å²) in [5.74, 6) is 2.25. The maximum absolute atomic E-state index is 12.8. The molecule has 6 heteroatoms. The predicted octanol–water partition coefficient (Wildman–Crippen LogP) is 6.50. The van der Waals surface area contributed by atoms with E-state index in [0.29, 0.717) is 28.6 Å². The molecule has 5 nitrogen and oxygen atoms in total. The Morgan fingerprint density at radius 2 is 1.48 bits per heavy atom. The highest BCUT2D eigenvalue weighted by Gasteiger charge is 2.15. The van der Waals surface area contributed by atoms with Crippen molar-refractivity contribution < 1.29 is 23.7 Å². The van der Waals surface area contributed by atoms with Gasteiger partial charge >= 0.3 is 0 Å². The number of methoxy groups -OCH3 is 4. The number of carbonyl (C=O) groups is 1. The fourth-order valence-corrected chi connectivity index (χ4v) is 4.70. The van der Waals surface area contributed by atoms with Crippen LogP contribution in [0.4, 0.5) is 0 Å². The predicted molar refractivity (Wildman–Crippen MR) is 133 cm³/mol. The molecule has 0 unspecified atom stereocenters. The molecule has 0 fully saturated rings. The minimum absolute atomic E-state index is 0.155. The summed E-state index contributed by atoms with van der Waals surface area (Å²) in [6.45, 7) is 0. The van der Waals surface area contributed by atoms with Gasteiger partial charge in [-0.2, -0.15) is 0 Å². The Hall–Kier alpha value is -3.77. The van der Waals surface area contributed by atoms with Crippen LogP contribution in [-0.4, -0.2) is 34.2 Å². The highest BCUT2D eigenvalue weighted by atomic mass is 32.1. The molecule has 0 bridgehead atoms. The van der Waals surface area contributed by atoms with Gasteiger partial charge in [-0.25, -0.2) is 0 Å². The van der Waals surface area contributed by atoms with Gasteiger partial charge in [-0.05, 0) is 53.9 Å². The average Bonchev–Trinajstić information content (AvgIpc) is 3.30. The molecular formula is C27H24O5S. The van der Waals surface area contributed by atoms with Gasteiger partial charge in [0.15, 0.2) is 17.3 Å². The van der Waals surface area contributed by atoms with Crippen molar-refractivity contribution in [3.8, 4) is 33.4 Å². The Labute approximate surface area is 196 Å². The molecule has 4 aromatic rings. The molecule has 0 aliphatic carbocycles. The van der Waals surface area contributed by atoms with Gasteiger partial charge in [0.25, 0.3) is 0 Å². The van der Waals surface area contributed by atoms with E-state index in [2.05, 4.69) is 18.2 Å². The highest BCUT2D eigenvalue weighted by molar-refractivity contribution is 7.22. The van der Waals surface area contributed by atoms with Crippen LogP contribution in [0.3, 0.4) is 0 Å². The SMILES string of the molecule is COc1cc(OC)c(-c2cc3ccccc3s2)cc1C=CC(=O)c1ccc(OC)c(OC)c1. The number of ether oxygens (including phenoxy) is 4. The first-order valence-corrected chi connectivity index (χ1v) is 11.1. The molecule has 3 aromatic carbocycles. The summed E-state index contributed by atoms with van der Waals surface area (Å²) in [5.41, 5.74) is 2.22. The van der Waals surface area contributed by atoms with E-state index in [4.69, 9.17) is 18.9 Å². The van der Waals surface area contributed by atoms with Crippen molar-refractivity contribution >= 4 is 33.3 Å². The number of carbonyl (C=O) groups excluding carboxylic acids is 1. The Balaban J connectivity index is 1.72. The van der Waals surface area contributed by atoms with Gasteiger partial charge < -0.3 is 18.9 Å². The molecule has 4 rings (SSSR count). The second-order valence-corrected chi connectivity index (χ2v) is 8.29. The third kappa shape index (κ3) is 4.56. The number of allylic oxidation sites excluding steroid dienone is 1. The molecule has 0 amide bonds. The zero-order valence-corrected chi connectivity index (χ0v) is 19.7. The molecule has 0 spiro atoms. The molecule has 0 radical (unpaired) electrons. The normalized spacial score (nSPS) is 11.0. The van der Waals surface area contributed by atoms with E-state index in [-0.39, 0.29) is 5.78 Å². The minimum atomic E-state index is -0.155.